The van der Waals surface area contributed by atoms with Gasteiger partial charge in [-0.15, -0.1) is 0 Å². The molecule has 0 bridgehead atoms. The summed E-state index contributed by atoms with van der Waals surface area (Å²) in [6, 6.07) is 5.04. The molecular weight excluding hydrogens is 296 g/mol. The summed E-state index contributed by atoms with van der Waals surface area (Å²) in [4.78, 5) is 10.9. The van der Waals surface area contributed by atoms with Crippen molar-refractivity contribution in [3.05, 3.63) is 23.8 Å². The summed E-state index contributed by atoms with van der Waals surface area (Å²) in [7, 11) is -3.07. The molecule has 1 atom stereocenters. The molecule has 21 heavy (non-hydrogen) atoms. The molecule has 0 saturated heterocycles. The molecule has 1 unspecified atom stereocenters. The van der Waals surface area contributed by atoms with E-state index in [4.69, 9.17) is 14.6 Å². The van der Waals surface area contributed by atoms with Crippen LogP contribution in [0.15, 0.2) is 18.2 Å². The number of fused-ring (bicyclic) bond motifs is 1. The van der Waals surface area contributed by atoms with Crippen LogP contribution in [0.5, 0.6) is 11.5 Å². The number of hydrogen-bond donors (Lipinski definition) is 1. The van der Waals surface area contributed by atoms with Gasteiger partial charge in [0.25, 0.3) is 0 Å². The second kappa shape index (κ2) is 6.34. The first-order valence-corrected chi connectivity index (χ1v) is 8.59. The highest BCUT2D eigenvalue weighted by atomic mass is 32.2. The van der Waals surface area contributed by atoms with E-state index >= 15 is 0 Å². The van der Waals surface area contributed by atoms with Crippen LogP contribution in [0.1, 0.15) is 18.9 Å². The van der Waals surface area contributed by atoms with Gasteiger partial charge < -0.3 is 14.6 Å². The molecule has 0 saturated carbocycles. The number of ether oxygens (including phenoxy) is 2. The lowest BCUT2D eigenvalue weighted by molar-refractivity contribution is -0.144. The normalized spacial score (nSPS) is 17.1. The molecule has 6 nitrogen and oxygen atoms in total. The highest BCUT2D eigenvalue weighted by Gasteiger charge is 2.28. The van der Waals surface area contributed by atoms with Crippen LogP contribution in [0.4, 0.5) is 0 Å². The second-order valence-electron chi connectivity index (χ2n) is 4.92. The lowest BCUT2D eigenvalue weighted by Gasteiger charge is -2.08. The first kappa shape index (κ1) is 15.6. The van der Waals surface area contributed by atoms with Crippen LogP contribution in [0.25, 0.3) is 0 Å². The zero-order chi connectivity index (χ0) is 15.5. The van der Waals surface area contributed by atoms with E-state index in [2.05, 4.69) is 0 Å². The largest absolute Gasteiger partial charge is 0.492 e. The number of carboxylic acids is 1. The van der Waals surface area contributed by atoms with Gasteiger partial charge in [-0.05, 0) is 18.1 Å². The van der Waals surface area contributed by atoms with Crippen molar-refractivity contribution in [1.29, 1.82) is 0 Å². The first-order chi connectivity index (χ1) is 9.91. The number of carbonyl (C=O) groups is 1. The minimum atomic E-state index is -3.07. The van der Waals surface area contributed by atoms with Crippen LogP contribution in [0.2, 0.25) is 0 Å². The standard InChI is InChI=1S/C14H18O6S/c1-2-6-21(17,18)7-5-19-11-4-3-10-8-13(14(15)16)20-12(10)9-11/h3-4,9,13H,2,5-8H2,1H3,(H,15,16). The highest BCUT2D eigenvalue weighted by molar-refractivity contribution is 7.91. The van der Waals surface area contributed by atoms with Crippen LogP contribution < -0.4 is 9.47 Å². The Morgan fingerprint density at radius 1 is 1.43 bits per heavy atom. The number of carboxylic acid groups (broad SMARTS) is 1. The summed E-state index contributed by atoms with van der Waals surface area (Å²) in [5.41, 5.74) is 0.813. The summed E-state index contributed by atoms with van der Waals surface area (Å²) in [5, 5.41) is 8.91. The van der Waals surface area contributed by atoms with Crippen molar-refractivity contribution >= 4 is 15.8 Å². The maximum atomic E-state index is 11.6. The fraction of sp³-hybridized carbons (Fsp3) is 0.500. The maximum absolute atomic E-state index is 11.6. The van der Waals surface area contributed by atoms with E-state index in [-0.39, 0.29) is 18.1 Å². The average Bonchev–Trinajstić information content (AvgIpc) is 2.81. The number of rotatable bonds is 7. The summed E-state index contributed by atoms with van der Waals surface area (Å²) >= 11 is 0. The van der Waals surface area contributed by atoms with E-state index in [1.165, 1.54) is 0 Å². The van der Waals surface area contributed by atoms with Gasteiger partial charge in [0.1, 0.15) is 18.1 Å². The Hall–Kier alpha value is -1.76. The maximum Gasteiger partial charge on any atom is 0.345 e. The molecule has 7 heteroatoms. The summed E-state index contributed by atoms with van der Waals surface area (Å²) in [5.74, 6) is 0.0858. The molecule has 1 aromatic rings. The molecule has 1 aliphatic heterocycles. The molecular formula is C14H18O6S. The number of sulfone groups is 1. The Bertz CT molecular complexity index is 622. The molecule has 0 aliphatic carbocycles. The van der Waals surface area contributed by atoms with E-state index in [0.29, 0.717) is 24.3 Å². The van der Waals surface area contributed by atoms with Gasteiger partial charge in [0.2, 0.25) is 0 Å². The van der Waals surface area contributed by atoms with E-state index in [9.17, 15) is 13.2 Å². The number of aliphatic carboxylic acids is 1. The van der Waals surface area contributed by atoms with Gasteiger partial charge >= 0.3 is 5.97 Å². The first-order valence-electron chi connectivity index (χ1n) is 6.77. The van der Waals surface area contributed by atoms with Gasteiger partial charge in [-0.3, -0.25) is 0 Å². The fourth-order valence-corrected chi connectivity index (χ4v) is 3.30. The van der Waals surface area contributed by atoms with Crippen molar-refractivity contribution in [2.24, 2.45) is 0 Å². The minimum absolute atomic E-state index is 0.0312. The molecule has 0 radical (unpaired) electrons. The van der Waals surface area contributed by atoms with Gasteiger partial charge in [0, 0.05) is 12.5 Å². The third-order valence-electron chi connectivity index (χ3n) is 3.17. The highest BCUT2D eigenvalue weighted by Crippen LogP contribution is 2.32. The van der Waals surface area contributed by atoms with Crippen LogP contribution in [-0.4, -0.2) is 43.7 Å². The van der Waals surface area contributed by atoms with Crippen molar-refractivity contribution in [3.63, 3.8) is 0 Å². The minimum Gasteiger partial charge on any atom is -0.492 e. The Labute approximate surface area is 123 Å². The molecule has 1 N–H and O–H groups in total. The summed E-state index contributed by atoms with van der Waals surface area (Å²) in [6.45, 7) is 1.89. The van der Waals surface area contributed by atoms with Crippen LogP contribution >= 0.6 is 0 Å². The number of benzene rings is 1. The smallest absolute Gasteiger partial charge is 0.345 e. The predicted octanol–water partition coefficient (Wildman–Crippen LogP) is 1.28. The Kier molecular flexibility index (Phi) is 4.72. The van der Waals surface area contributed by atoms with Crippen LogP contribution in [0.3, 0.4) is 0 Å². The van der Waals surface area contributed by atoms with Crippen molar-refractivity contribution < 1.29 is 27.8 Å². The van der Waals surface area contributed by atoms with E-state index in [1.807, 2.05) is 6.92 Å². The summed E-state index contributed by atoms with van der Waals surface area (Å²) < 4.78 is 33.8. The second-order valence-corrected chi connectivity index (χ2v) is 7.22. The fourth-order valence-electron chi connectivity index (χ4n) is 2.13. The molecule has 0 amide bonds. The molecule has 0 aromatic heterocycles. The topological polar surface area (TPSA) is 89.9 Å². The zero-order valence-electron chi connectivity index (χ0n) is 11.7. The molecule has 1 aromatic carbocycles. The molecule has 0 fully saturated rings. The van der Waals surface area contributed by atoms with Crippen LogP contribution in [-0.2, 0) is 21.1 Å². The van der Waals surface area contributed by atoms with Crippen molar-refractivity contribution in [3.8, 4) is 11.5 Å². The van der Waals surface area contributed by atoms with Crippen molar-refractivity contribution in [1.82, 2.24) is 0 Å². The third-order valence-corrected chi connectivity index (χ3v) is 4.99. The molecule has 0 spiro atoms. The summed E-state index contributed by atoms with van der Waals surface area (Å²) in [6.07, 6.45) is 0.0571. The Morgan fingerprint density at radius 3 is 2.86 bits per heavy atom. The SMILES string of the molecule is CCCS(=O)(=O)CCOc1ccc2c(c1)OC(C(=O)O)C2. The van der Waals surface area contributed by atoms with E-state index in [0.717, 1.165) is 5.56 Å². The third kappa shape index (κ3) is 4.10. The van der Waals surface area contributed by atoms with Crippen molar-refractivity contribution in [2.45, 2.75) is 25.9 Å². The van der Waals surface area contributed by atoms with Crippen LogP contribution in [0, 0.1) is 0 Å². The Balaban J connectivity index is 1.93. The zero-order valence-corrected chi connectivity index (χ0v) is 12.6. The molecule has 1 heterocycles. The van der Waals surface area contributed by atoms with Gasteiger partial charge in [0.05, 0.1) is 11.5 Å². The van der Waals surface area contributed by atoms with Gasteiger partial charge in [-0.2, -0.15) is 0 Å². The lowest BCUT2D eigenvalue weighted by Crippen LogP contribution is -2.24. The van der Waals surface area contributed by atoms with Crippen molar-refractivity contribution in [2.75, 3.05) is 18.1 Å². The molecule has 116 valence electrons. The molecule has 1 aliphatic rings. The number of hydrogen-bond acceptors (Lipinski definition) is 5. The Morgan fingerprint density at radius 2 is 2.19 bits per heavy atom. The van der Waals surface area contributed by atoms with Gasteiger partial charge in [-0.25, -0.2) is 13.2 Å². The van der Waals surface area contributed by atoms with E-state index < -0.39 is 21.9 Å². The predicted molar refractivity (Wildman–Crippen MR) is 76.6 cm³/mol. The van der Waals surface area contributed by atoms with Gasteiger partial charge in [-0.1, -0.05) is 13.0 Å². The quantitative estimate of drug-likeness (QED) is 0.815. The lowest BCUT2D eigenvalue weighted by atomic mass is 10.1. The monoisotopic (exact) mass is 314 g/mol. The van der Waals surface area contributed by atoms with Gasteiger partial charge in [0.15, 0.2) is 15.9 Å². The van der Waals surface area contributed by atoms with E-state index in [1.54, 1.807) is 18.2 Å². The molecule has 2 rings (SSSR count). The average molecular weight is 314 g/mol.